The van der Waals surface area contributed by atoms with Crippen molar-refractivity contribution in [1.82, 2.24) is 9.88 Å². The van der Waals surface area contributed by atoms with Crippen LogP contribution in [0.3, 0.4) is 0 Å². The molecule has 0 spiro atoms. The number of hydrogen-bond acceptors (Lipinski definition) is 4. The minimum atomic E-state index is 0.178. The van der Waals surface area contributed by atoms with Crippen molar-refractivity contribution in [3.8, 4) is 0 Å². The molecule has 0 saturated carbocycles. The molecule has 5 heteroatoms. The van der Waals surface area contributed by atoms with Gasteiger partial charge in [-0.3, -0.25) is 4.79 Å². The van der Waals surface area contributed by atoms with E-state index in [1.165, 1.54) is 4.88 Å². The second-order valence-electron chi connectivity index (χ2n) is 5.16. The van der Waals surface area contributed by atoms with E-state index < -0.39 is 0 Å². The summed E-state index contributed by atoms with van der Waals surface area (Å²) < 4.78 is 0. The van der Waals surface area contributed by atoms with Gasteiger partial charge < -0.3 is 4.90 Å². The number of nitrogens with zero attached hydrogens (tertiary/aromatic N) is 2. The van der Waals surface area contributed by atoms with Gasteiger partial charge in [-0.25, -0.2) is 4.98 Å². The summed E-state index contributed by atoms with van der Waals surface area (Å²) in [7, 11) is 1.85. The first-order valence-electron chi connectivity index (χ1n) is 6.77. The second-order valence-corrected chi connectivity index (χ2v) is 7.08. The van der Waals surface area contributed by atoms with Crippen molar-refractivity contribution in [2.75, 3.05) is 7.05 Å². The molecular formula is C15H20N2OS2. The van der Waals surface area contributed by atoms with Crippen LogP contribution in [0.5, 0.6) is 0 Å². The van der Waals surface area contributed by atoms with Crippen LogP contribution in [-0.2, 0) is 17.8 Å². The predicted molar refractivity (Wildman–Crippen MR) is 85.3 cm³/mol. The van der Waals surface area contributed by atoms with Crippen LogP contribution in [0.15, 0.2) is 22.9 Å². The number of aryl methyl sites for hydroxylation is 1. The van der Waals surface area contributed by atoms with Crippen LogP contribution in [-0.4, -0.2) is 22.8 Å². The van der Waals surface area contributed by atoms with Crippen molar-refractivity contribution < 1.29 is 4.79 Å². The summed E-state index contributed by atoms with van der Waals surface area (Å²) in [6.45, 7) is 4.88. The molecule has 0 N–H and O–H groups in total. The smallest absolute Gasteiger partial charge is 0.223 e. The van der Waals surface area contributed by atoms with E-state index >= 15 is 0 Å². The zero-order valence-corrected chi connectivity index (χ0v) is 13.8. The highest BCUT2D eigenvalue weighted by molar-refractivity contribution is 7.10. The maximum atomic E-state index is 12.1. The molecule has 0 bridgehead atoms. The van der Waals surface area contributed by atoms with Gasteiger partial charge in [0, 0.05) is 29.6 Å². The number of carbonyl (C=O) groups excluding carboxylic acids is 1. The Morgan fingerprint density at radius 1 is 1.40 bits per heavy atom. The van der Waals surface area contributed by atoms with Gasteiger partial charge in [-0.2, -0.15) is 0 Å². The fourth-order valence-corrected chi connectivity index (χ4v) is 3.40. The summed E-state index contributed by atoms with van der Waals surface area (Å²) in [6, 6.07) is 4.10. The Morgan fingerprint density at radius 3 is 2.80 bits per heavy atom. The summed E-state index contributed by atoms with van der Waals surface area (Å²) >= 11 is 3.38. The first-order chi connectivity index (χ1) is 9.56. The zero-order valence-electron chi connectivity index (χ0n) is 12.1. The quantitative estimate of drug-likeness (QED) is 0.810. The molecule has 0 aliphatic rings. The molecule has 3 nitrogen and oxygen atoms in total. The molecule has 20 heavy (non-hydrogen) atoms. The average molecular weight is 308 g/mol. The number of hydrogen-bond donors (Lipinski definition) is 0. The van der Waals surface area contributed by atoms with Crippen LogP contribution in [0.4, 0.5) is 0 Å². The highest BCUT2D eigenvalue weighted by Crippen LogP contribution is 2.20. The van der Waals surface area contributed by atoms with Crippen molar-refractivity contribution in [3.05, 3.63) is 38.5 Å². The third kappa shape index (κ3) is 4.15. The lowest BCUT2D eigenvalue weighted by atomic mass is 10.2. The Kier molecular flexibility index (Phi) is 5.31. The zero-order chi connectivity index (χ0) is 14.5. The molecule has 2 heterocycles. The van der Waals surface area contributed by atoms with Gasteiger partial charge in [0.25, 0.3) is 0 Å². The summed E-state index contributed by atoms with van der Waals surface area (Å²) in [5, 5.41) is 5.24. The Hall–Kier alpha value is -1.20. The number of thiophene rings is 1. The van der Waals surface area contributed by atoms with E-state index in [2.05, 4.69) is 30.3 Å². The van der Waals surface area contributed by atoms with E-state index in [0.29, 0.717) is 18.9 Å². The van der Waals surface area contributed by atoms with Gasteiger partial charge in [0.15, 0.2) is 0 Å². The van der Waals surface area contributed by atoms with Crippen LogP contribution < -0.4 is 0 Å². The summed E-state index contributed by atoms with van der Waals surface area (Å²) in [5.41, 5.74) is 0.991. The minimum absolute atomic E-state index is 0.178. The summed E-state index contributed by atoms with van der Waals surface area (Å²) in [6.07, 6.45) is 1.40. The lowest BCUT2D eigenvalue weighted by Gasteiger charge is -2.15. The summed E-state index contributed by atoms with van der Waals surface area (Å²) in [4.78, 5) is 19.7. The number of carbonyl (C=O) groups is 1. The molecule has 0 aliphatic heterocycles. The van der Waals surface area contributed by atoms with Gasteiger partial charge >= 0.3 is 0 Å². The number of rotatable bonds is 6. The molecule has 0 aromatic carbocycles. The molecular weight excluding hydrogens is 288 g/mol. The van der Waals surface area contributed by atoms with Crippen molar-refractivity contribution in [2.45, 2.75) is 39.2 Å². The van der Waals surface area contributed by atoms with Gasteiger partial charge in [-0.15, -0.1) is 22.7 Å². The van der Waals surface area contributed by atoms with Crippen LogP contribution in [0, 0.1) is 0 Å². The third-order valence-corrected chi connectivity index (χ3v) is 5.18. The predicted octanol–water partition coefficient (Wildman–Crippen LogP) is 3.92. The molecule has 0 fully saturated rings. The van der Waals surface area contributed by atoms with Gasteiger partial charge in [0.2, 0.25) is 5.91 Å². The van der Waals surface area contributed by atoms with E-state index in [0.717, 1.165) is 17.1 Å². The van der Waals surface area contributed by atoms with Gasteiger partial charge in [-0.05, 0) is 17.9 Å². The molecule has 0 atom stereocenters. The van der Waals surface area contributed by atoms with Gasteiger partial charge in [-0.1, -0.05) is 19.9 Å². The highest BCUT2D eigenvalue weighted by Gasteiger charge is 2.12. The molecule has 1 amide bonds. The SMILES string of the molecule is CC(C)c1nc(CN(C)C(=O)CCc2cccs2)cs1. The van der Waals surface area contributed by atoms with Crippen LogP contribution in [0.25, 0.3) is 0 Å². The fourth-order valence-electron chi connectivity index (χ4n) is 1.87. The average Bonchev–Trinajstić information content (AvgIpc) is 3.06. The van der Waals surface area contributed by atoms with Crippen molar-refractivity contribution in [3.63, 3.8) is 0 Å². The standard InChI is InChI=1S/C15H20N2OS2/c1-11(2)15-16-12(10-20-15)9-17(3)14(18)7-6-13-5-4-8-19-13/h4-5,8,10-11H,6-7,9H2,1-3H3. The van der Waals surface area contributed by atoms with E-state index in [1.807, 2.05) is 18.5 Å². The Bertz CT molecular complexity index is 546. The number of amides is 1. The second kappa shape index (κ2) is 6.99. The first-order valence-corrected chi connectivity index (χ1v) is 8.53. The van der Waals surface area contributed by atoms with E-state index in [4.69, 9.17) is 0 Å². The Morgan fingerprint density at radius 2 is 2.20 bits per heavy atom. The molecule has 0 radical (unpaired) electrons. The maximum absolute atomic E-state index is 12.1. The monoisotopic (exact) mass is 308 g/mol. The summed E-state index contributed by atoms with van der Waals surface area (Å²) in [5.74, 6) is 0.631. The molecule has 0 saturated heterocycles. The van der Waals surface area contributed by atoms with E-state index in [-0.39, 0.29) is 5.91 Å². The molecule has 2 aromatic heterocycles. The fraction of sp³-hybridized carbons (Fsp3) is 0.467. The molecule has 0 aliphatic carbocycles. The van der Waals surface area contributed by atoms with Crippen LogP contribution in [0.2, 0.25) is 0 Å². The lowest BCUT2D eigenvalue weighted by Crippen LogP contribution is -2.26. The minimum Gasteiger partial charge on any atom is -0.340 e. The lowest BCUT2D eigenvalue weighted by molar-refractivity contribution is -0.130. The largest absolute Gasteiger partial charge is 0.340 e. The van der Waals surface area contributed by atoms with Crippen LogP contribution in [0.1, 0.15) is 41.8 Å². The van der Waals surface area contributed by atoms with Crippen molar-refractivity contribution >= 4 is 28.6 Å². The third-order valence-electron chi connectivity index (χ3n) is 3.05. The van der Waals surface area contributed by atoms with Crippen LogP contribution >= 0.6 is 22.7 Å². The number of aromatic nitrogens is 1. The van der Waals surface area contributed by atoms with Gasteiger partial charge in [0.1, 0.15) is 0 Å². The maximum Gasteiger partial charge on any atom is 0.223 e. The van der Waals surface area contributed by atoms with E-state index in [9.17, 15) is 4.79 Å². The molecule has 2 aromatic rings. The Balaban J connectivity index is 1.83. The molecule has 2 rings (SSSR count). The molecule has 0 unspecified atom stereocenters. The topological polar surface area (TPSA) is 33.2 Å². The van der Waals surface area contributed by atoms with Gasteiger partial charge in [0.05, 0.1) is 17.2 Å². The highest BCUT2D eigenvalue weighted by atomic mass is 32.1. The van der Waals surface area contributed by atoms with E-state index in [1.54, 1.807) is 27.6 Å². The van der Waals surface area contributed by atoms with Crippen molar-refractivity contribution in [1.29, 1.82) is 0 Å². The normalized spacial score (nSPS) is 11.0. The molecule has 108 valence electrons. The first kappa shape index (κ1) is 15.2. The van der Waals surface area contributed by atoms with Crippen molar-refractivity contribution in [2.24, 2.45) is 0 Å². The Labute approximate surface area is 128 Å². The number of thiazole rings is 1.